The van der Waals surface area contributed by atoms with Gasteiger partial charge in [-0.3, -0.25) is 14.2 Å². The van der Waals surface area contributed by atoms with Crippen LogP contribution in [0.1, 0.15) is 58.8 Å². The van der Waals surface area contributed by atoms with Gasteiger partial charge >= 0.3 is 5.97 Å². The molecular formula is C22H31N5O4. The fraction of sp³-hybridized carbons (Fsp3) is 0.636. The van der Waals surface area contributed by atoms with Crippen molar-refractivity contribution in [3.05, 3.63) is 34.9 Å². The van der Waals surface area contributed by atoms with E-state index in [1.165, 1.54) is 6.20 Å². The van der Waals surface area contributed by atoms with Gasteiger partial charge in [0.25, 0.3) is 5.91 Å². The molecule has 1 N–H and O–H groups in total. The Bertz CT molecular complexity index is 957. The van der Waals surface area contributed by atoms with Crippen LogP contribution in [0.15, 0.2) is 12.4 Å². The number of carbonyl (C=O) groups is 2. The van der Waals surface area contributed by atoms with Crippen LogP contribution in [-0.4, -0.2) is 57.8 Å². The molecular weight excluding hydrogens is 398 g/mol. The molecule has 0 unspecified atom stereocenters. The summed E-state index contributed by atoms with van der Waals surface area (Å²) in [6.45, 7) is 7.08. The quantitative estimate of drug-likeness (QED) is 0.703. The van der Waals surface area contributed by atoms with E-state index in [9.17, 15) is 9.59 Å². The van der Waals surface area contributed by atoms with Crippen LogP contribution in [0.4, 0.5) is 0 Å². The molecule has 0 radical (unpaired) electrons. The van der Waals surface area contributed by atoms with Crippen LogP contribution >= 0.6 is 0 Å². The maximum absolute atomic E-state index is 12.9. The lowest BCUT2D eigenvalue weighted by Crippen LogP contribution is -2.40. The molecule has 0 bridgehead atoms. The van der Waals surface area contributed by atoms with Crippen LogP contribution in [0.2, 0.25) is 0 Å². The molecule has 1 saturated heterocycles. The second-order valence-corrected chi connectivity index (χ2v) is 8.87. The van der Waals surface area contributed by atoms with Crippen LogP contribution in [0.3, 0.4) is 0 Å². The zero-order chi connectivity index (χ0) is 22.0. The van der Waals surface area contributed by atoms with Gasteiger partial charge in [-0.1, -0.05) is 6.92 Å². The van der Waals surface area contributed by atoms with Gasteiger partial charge in [0.05, 0.1) is 24.1 Å². The highest BCUT2D eigenvalue weighted by Crippen LogP contribution is 2.38. The summed E-state index contributed by atoms with van der Waals surface area (Å²) in [6.07, 6.45) is 6.48. The number of nitrogens with one attached hydrogen (secondary N) is 1. The number of hydrogen-bond acceptors (Lipinski definition) is 6. The first-order valence-corrected chi connectivity index (χ1v) is 11.0. The Kier molecular flexibility index (Phi) is 6.13. The molecule has 1 spiro atoms. The molecule has 1 atom stereocenters. The van der Waals surface area contributed by atoms with Crippen LogP contribution < -0.4 is 5.32 Å². The summed E-state index contributed by atoms with van der Waals surface area (Å²) in [5, 5.41) is 11.9. The zero-order valence-electron chi connectivity index (χ0n) is 18.5. The van der Waals surface area contributed by atoms with Crippen molar-refractivity contribution in [2.45, 2.75) is 46.1 Å². The molecule has 0 aliphatic carbocycles. The number of carbonyl (C=O) groups excluding carboxylic acids is 2. The first-order valence-electron chi connectivity index (χ1n) is 11.0. The lowest BCUT2D eigenvalue weighted by molar-refractivity contribution is 0.0160. The third-order valence-electron chi connectivity index (χ3n) is 6.36. The number of nitrogens with zero attached hydrogens (tertiary/aromatic N) is 4. The second-order valence-electron chi connectivity index (χ2n) is 8.87. The Balaban J connectivity index is 1.50. The Morgan fingerprint density at radius 1 is 1.39 bits per heavy atom. The average molecular weight is 430 g/mol. The van der Waals surface area contributed by atoms with E-state index < -0.39 is 0 Å². The summed E-state index contributed by atoms with van der Waals surface area (Å²) in [4.78, 5) is 25.1. The van der Waals surface area contributed by atoms with E-state index in [0.717, 1.165) is 43.7 Å². The molecule has 4 rings (SSSR count). The number of aromatic nitrogens is 4. The van der Waals surface area contributed by atoms with Crippen molar-refractivity contribution in [3.63, 3.8) is 0 Å². The molecule has 2 aliphatic heterocycles. The highest BCUT2D eigenvalue weighted by Gasteiger charge is 2.39. The zero-order valence-corrected chi connectivity index (χ0v) is 18.5. The molecule has 2 aromatic rings. The van der Waals surface area contributed by atoms with Crippen LogP contribution in [-0.2, 0) is 35.9 Å². The normalized spacial score (nSPS) is 18.9. The van der Waals surface area contributed by atoms with E-state index in [-0.39, 0.29) is 29.8 Å². The predicted molar refractivity (Wildman–Crippen MR) is 113 cm³/mol. The predicted octanol–water partition coefficient (Wildman–Crippen LogP) is 1.75. The molecule has 168 valence electrons. The van der Waals surface area contributed by atoms with Crippen molar-refractivity contribution in [2.75, 3.05) is 26.4 Å². The van der Waals surface area contributed by atoms with Crippen molar-refractivity contribution < 1.29 is 19.1 Å². The number of ether oxygens (including phenoxy) is 2. The van der Waals surface area contributed by atoms with Crippen LogP contribution in [0.5, 0.6) is 0 Å². The topological polar surface area (TPSA) is 100 Å². The summed E-state index contributed by atoms with van der Waals surface area (Å²) in [7, 11) is 1.76. The Labute approximate surface area is 182 Å². The molecule has 0 saturated carbocycles. The Morgan fingerprint density at radius 2 is 2.16 bits per heavy atom. The van der Waals surface area contributed by atoms with Gasteiger partial charge in [0, 0.05) is 45.1 Å². The molecule has 2 aromatic heterocycles. The molecule has 9 nitrogen and oxygen atoms in total. The van der Waals surface area contributed by atoms with Crippen molar-refractivity contribution in [2.24, 2.45) is 18.4 Å². The van der Waals surface area contributed by atoms with Crippen LogP contribution in [0.25, 0.3) is 0 Å². The third-order valence-corrected chi connectivity index (χ3v) is 6.36. The van der Waals surface area contributed by atoms with E-state index >= 15 is 0 Å². The van der Waals surface area contributed by atoms with Gasteiger partial charge in [0.1, 0.15) is 5.69 Å². The highest BCUT2D eigenvalue weighted by atomic mass is 16.5. The number of esters is 1. The molecule has 4 heterocycles. The Morgan fingerprint density at radius 3 is 2.84 bits per heavy atom. The molecule has 2 aliphatic rings. The van der Waals surface area contributed by atoms with E-state index in [1.54, 1.807) is 17.9 Å². The Hall–Kier alpha value is -2.68. The lowest BCUT2D eigenvalue weighted by atomic mass is 9.75. The van der Waals surface area contributed by atoms with Gasteiger partial charge < -0.3 is 14.8 Å². The SMILES string of the molecule is CCn1nc(C[C@@H](C)COC(=O)c2cnn(C)c2)c2c1C(=O)NCC1(CCOCC1)C2. The molecule has 1 amide bonds. The van der Waals surface area contributed by atoms with Gasteiger partial charge in [-0.25, -0.2) is 4.79 Å². The third kappa shape index (κ3) is 4.51. The van der Waals surface area contributed by atoms with Crippen molar-refractivity contribution in [3.8, 4) is 0 Å². The minimum atomic E-state index is -0.376. The van der Waals surface area contributed by atoms with Crippen molar-refractivity contribution in [1.29, 1.82) is 0 Å². The number of rotatable bonds is 6. The average Bonchev–Trinajstić information content (AvgIpc) is 3.31. The summed E-state index contributed by atoms with van der Waals surface area (Å²) in [5.41, 5.74) is 3.12. The molecule has 9 heteroatoms. The number of aryl methyl sites for hydroxylation is 2. The van der Waals surface area contributed by atoms with Gasteiger partial charge in [-0.05, 0) is 43.9 Å². The van der Waals surface area contributed by atoms with Crippen LogP contribution in [0, 0.1) is 11.3 Å². The molecule has 0 aromatic carbocycles. The first-order chi connectivity index (χ1) is 14.9. The largest absolute Gasteiger partial charge is 0.462 e. The van der Waals surface area contributed by atoms with Crippen molar-refractivity contribution >= 4 is 11.9 Å². The monoisotopic (exact) mass is 429 g/mol. The van der Waals surface area contributed by atoms with Gasteiger partial charge in [0.15, 0.2) is 0 Å². The number of fused-ring (bicyclic) bond motifs is 1. The van der Waals surface area contributed by atoms with Gasteiger partial charge in [0.2, 0.25) is 0 Å². The highest BCUT2D eigenvalue weighted by molar-refractivity contribution is 5.94. The number of amides is 1. The van der Waals surface area contributed by atoms with E-state index in [2.05, 4.69) is 10.4 Å². The summed E-state index contributed by atoms with van der Waals surface area (Å²) in [6, 6.07) is 0. The van der Waals surface area contributed by atoms with E-state index in [0.29, 0.717) is 30.8 Å². The van der Waals surface area contributed by atoms with Gasteiger partial charge in [-0.15, -0.1) is 0 Å². The smallest absolute Gasteiger partial charge is 0.341 e. The summed E-state index contributed by atoms with van der Waals surface area (Å²) >= 11 is 0. The van der Waals surface area contributed by atoms with E-state index in [1.807, 2.05) is 18.5 Å². The first kappa shape index (κ1) is 21.5. The molecule has 1 fully saturated rings. The minimum Gasteiger partial charge on any atom is -0.462 e. The second kappa shape index (κ2) is 8.82. The fourth-order valence-corrected chi connectivity index (χ4v) is 4.55. The maximum Gasteiger partial charge on any atom is 0.341 e. The van der Waals surface area contributed by atoms with Gasteiger partial charge in [-0.2, -0.15) is 10.2 Å². The van der Waals surface area contributed by atoms with E-state index in [4.69, 9.17) is 14.6 Å². The maximum atomic E-state index is 12.9. The minimum absolute atomic E-state index is 0.0194. The fourth-order valence-electron chi connectivity index (χ4n) is 4.55. The standard InChI is InChI=1S/C22H31N5O4/c1-4-27-19-17(10-22(14-23-20(19)28)5-7-30-8-6-22)18(25-27)9-15(2)13-31-21(29)16-11-24-26(3)12-16/h11-12,15H,4-10,13-14H2,1-3H3,(H,23,28)/t15-/m1/s1. The summed E-state index contributed by atoms with van der Waals surface area (Å²) in [5.74, 6) is -0.352. The molecule has 31 heavy (non-hydrogen) atoms. The van der Waals surface area contributed by atoms with Crippen molar-refractivity contribution in [1.82, 2.24) is 24.9 Å². The number of hydrogen-bond donors (Lipinski definition) is 1. The summed E-state index contributed by atoms with van der Waals surface area (Å²) < 4.78 is 14.4. The lowest BCUT2D eigenvalue weighted by Gasteiger charge is -2.36.